The lowest BCUT2D eigenvalue weighted by Gasteiger charge is -2.35. The van der Waals surface area contributed by atoms with Crippen molar-refractivity contribution in [2.75, 3.05) is 19.6 Å². The van der Waals surface area contributed by atoms with E-state index in [0.717, 1.165) is 19.0 Å². The summed E-state index contributed by atoms with van der Waals surface area (Å²) in [5, 5.41) is 3.47. The van der Waals surface area contributed by atoms with Gasteiger partial charge in [-0.15, -0.1) is 0 Å². The second-order valence-corrected chi connectivity index (χ2v) is 6.10. The van der Waals surface area contributed by atoms with Crippen molar-refractivity contribution in [2.45, 2.75) is 32.7 Å². The third-order valence-electron chi connectivity index (χ3n) is 3.82. The molecular formula is C15H22ClN3O. The smallest absolute Gasteiger partial charge is 0.269 e. The minimum Gasteiger partial charge on any atom is -0.349 e. The van der Waals surface area contributed by atoms with Crippen LogP contribution in [0.5, 0.6) is 0 Å². The molecule has 0 aliphatic carbocycles. The van der Waals surface area contributed by atoms with Crippen LogP contribution in [0.1, 0.15) is 37.2 Å². The molecule has 2 atom stereocenters. The lowest BCUT2D eigenvalue weighted by molar-refractivity contribution is 0.0913. The number of amides is 1. The Labute approximate surface area is 125 Å². The maximum absolute atomic E-state index is 12.0. The van der Waals surface area contributed by atoms with E-state index in [1.165, 1.54) is 12.8 Å². The van der Waals surface area contributed by atoms with Crippen LogP contribution in [0.25, 0.3) is 0 Å². The molecule has 0 aromatic carbocycles. The van der Waals surface area contributed by atoms with E-state index >= 15 is 0 Å². The van der Waals surface area contributed by atoms with Crippen LogP contribution < -0.4 is 5.32 Å². The molecule has 2 unspecified atom stereocenters. The van der Waals surface area contributed by atoms with Crippen LogP contribution in [0.4, 0.5) is 0 Å². The number of carbonyl (C=O) groups is 1. The number of hydrogen-bond donors (Lipinski definition) is 1. The Morgan fingerprint density at radius 3 is 3.15 bits per heavy atom. The van der Waals surface area contributed by atoms with Gasteiger partial charge in [-0.2, -0.15) is 0 Å². The van der Waals surface area contributed by atoms with Gasteiger partial charge in [0, 0.05) is 30.4 Å². The molecule has 0 bridgehead atoms. The maximum atomic E-state index is 12.0. The Kier molecular flexibility index (Phi) is 5.38. The van der Waals surface area contributed by atoms with Crippen molar-refractivity contribution < 1.29 is 4.79 Å². The molecule has 0 saturated carbocycles. The molecule has 0 spiro atoms. The molecular weight excluding hydrogens is 274 g/mol. The number of likely N-dealkylation sites (tertiary alicyclic amines) is 1. The Bertz CT molecular complexity index is 466. The monoisotopic (exact) mass is 295 g/mol. The van der Waals surface area contributed by atoms with E-state index < -0.39 is 0 Å². The van der Waals surface area contributed by atoms with Crippen molar-refractivity contribution in [3.8, 4) is 0 Å². The average molecular weight is 296 g/mol. The van der Waals surface area contributed by atoms with Crippen LogP contribution in [0.2, 0.25) is 5.02 Å². The predicted molar refractivity (Wildman–Crippen MR) is 81.0 cm³/mol. The van der Waals surface area contributed by atoms with Gasteiger partial charge in [0.1, 0.15) is 5.69 Å². The second kappa shape index (κ2) is 7.04. The fourth-order valence-electron chi connectivity index (χ4n) is 2.62. The average Bonchev–Trinajstić information content (AvgIpc) is 2.44. The van der Waals surface area contributed by atoms with Crippen LogP contribution in [0.15, 0.2) is 18.3 Å². The molecule has 4 nitrogen and oxygen atoms in total. The van der Waals surface area contributed by atoms with Gasteiger partial charge in [-0.3, -0.25) is 14.7 Å². The fourth-order valence-corrected chi connectivity index (χ4v) is 2.77. The summed E-state index contributed by atoms with van der Waals surface area (Å²) >= 11 is 5.86. The van der Waals surface area contributed by atoms with Gasteiger partial charge < -0.3 is 5.32 Å². The van der Waals surface area contributed by atoms with Crippen molar-refractivity contribution in [2.24, 2.45) is 5.92 Å². The molecule has 2 heterocycles. The van der Waals surface area contributed by atoms with Crippen molar-refractivity contribution in [3.63, 3.8) is 0 Å². The normalized spacial score (nSPS) is 21.4. The lowest BCUT2D eigenvalue weighted by Crippen LogP contribution is -2.46. The van der Waals surface area contributed by atoms with Crippen molar-refractivity contribution >= 4 is 17.5 Å². The van der Waals surface area contributed by atoms with Gasteiger partial charge in [-0.1, -0.05) is 18.5 Å². The summed E-state index contributed by atoms with van der Waals surface area (Å²) in [4.78, 5) is 18.5. The lowest BCUT2D eigenvalue weighted by atomic mass is 9.99. The number of rotatable bonds is 4. The first-order valence-corrected chi connectivity index (χ1v) is 7.58. The number of carbonyl (C=O) groups excluding carboxylic acids is 1. The second-order valence-electron chi connectivity index (χ2n) is 5.66. The molecule has 1 aromatic heterocycles. The summed E-state index contributed by atoms with van der Waals surface area (Å²) < 4.78 is 0. The van der Waals surface area contributed by atoms with Gasteiger partial charge in [0.05, 0.1) is 0 Å². The summed E-state index contributed by atoms with van der Waals surface area (Å²) in [6.45, 7) is 7.32. The quantitative estimate of drug-likeness (QED) is 0.928. The largest absolute Gasteiger partial charge is 0.349 e. The number of hydrogen-bond acceptors (Lipinski definition) is 3. The van der Waals surface area contributed by atoms with Gasteiger partial charge in [0.15, 0.2) is 0 Å². The van der Waals surface area contributed by atoms with Gasteiger partial charge in [-0.25, -0.2) is 0 Å². The van der Waals surface area contributed by atoms with Gasteiger partial charge in [-0.05, 0) is 44.4 Å². The fraction of sp³-hybridized carbons (Fsp3) is 0.600. The highest BCUT2D eigenvalue weighted by Gasteiger charge is 2.21. The molecule has 1 fully saturated rings. The SMILES string of the molecule is CC1CCCN(C(C)CNC(=O)c2cc(Cl)ccn2)C1. The summed E-state index contributed by atoms with van der Waals surface area (Å²) in [6, 6.07) is 3.60. The molecule has 20 heavy (non-hydrogen) atoms. The zero-order valence-corrected chi connectivity index (χ0v) is 12.9. The molecule has 110 valence electrons. The van der Waals surface area contributed by atoms with E-state index in [-0.39, 0.29) is 5.91 Å². The van der Waals surface area contributed by atoms with E-state index in [2.05, 4.69) is 29.0 Å². The van der Waals surface area contributed by atoms with Crippen LogP contribution in [0, 0.1) is 5.92 Å². The predicted octanol–water partition coefficient (Wildman–Crippen LogP) is 2.59. The van der Waals surface area contributed by atoms with Crippen LogP contribution in [-0.2, 0) is 0 Å². The molecule has 1 N–H and O–H groups in total. The van der Waals surface area contributed by atoms with E-state index in [1.54, 1.807) is 18.3 Å². The minimum atomic E-state index is -0.163. The van der Waals surface area contributed by atoms with Crippen LogP contribution >= 0.6 is 11.6 Å². The number of aromatic nitrogens is 1. The highest BCUT2D eigenvalue weighted by Crippen LogP contribution is 2.17. The first kappa shape index (κ1) is 15.3. The summed E-state index contributed by atoms with van der Waals surface area (Å²) in [5.74, 6) is 0.584. The van der Waals surface area contributed by atoms with Crippen molar-refractivity contribution in [1.29, 1.82) is 0 Å². The molecule has 0 radical (unpaired) electrons. The van der Waals surface area contributed by atoms with Crippen molar-refractivity contribution in [1.82, 2.24) is 15.2 Å². The molecule has 1 aromatic rings. The van der Waals surface area contributed by atoms with E-state index in [1.807, 2.05) is 0 Å². The Morgan fingerprint density at radius 2 is 2.45 bits per heavy atom. The topological polar surface area (TPSA) is 45.2 Å². The minimum absolute atomic E-state index is 0.163. The third kappa shape index (κ3) is 4.18. The van der Waals surface area contributed by atoms with E-state index in [0.29, 0.717) is 23.3 Å². The molecule has 1 aliphatic rings. The highest BCUT2D eigenvalue weighted by atomic mass is 35.5. The zero-order chi connectivity index (χ0) is 14.5. The standard InChI is InChI=1S/C15H22ClN3O/c1-11-4-3-7-19(10-11)12(2)9-18-15(20)14-8-13(16)5-6-17-14/h5-6,8,11-12H,3-4,7,9-10H2,1-2H3,(H,18,20). The van der Waals surface area contributed by atoms with Gasteiger partial charge in [0.2, 0.25) is 0 Å². The molecule has 5 heteroatoms. The Hall–Kier alpha value is -1.13. The first-order chi connectivity index (χ1) is 9.56. The summed E-state index contributed by atoms with van der Waals surface area (Å²) in [5.41, 5.74) is 0.372. The zero-order valence-electron chi connectivity index (χ0n) is 12.1. The number of piperidine rings is 1. The molecule has 1 aliphatic heterocycles. The summed E-state index contributed by atoms with van der Waals surface area (Å²) in [6.07, 6.45) is 4.10. The van der Waals surface area contributed by atoms with Crippen molar-refractivity contribution in [3.05, 3.63) is 29.0 Å². The number of nitrogens with zero attached hydrogens (tertiary/aromatic N) is 2. The van der Waals surface area contributed by atoms with Crippen LogP contribution in [0.3, 0.4) is 0 Å². The Morgan fingerprint density at radius 1 is 1.65 bits per heavy atom. The van der Waals surface area contributed by atoms with E-state index in [9.17, 15) is 4.79 Å². The summed E-state index contributed by atoms with van der Waals surface area (Å²) in [7, 11) is 0. The molecule has 1 saturated heterocycles. The van der Waals surface area contributed by atoms with Gasteiger partial charge in [0.25, 0.3) is 5.91 Å². The third-order valence-corrected chi connectivity index (χ3v) is 4.06. The van der Waals surface area contributed by atoms with Crippen LogP contribution in [-0.4, -0.2) is 41.5 Å². The number of halogens is 1. The number of nitrogens with one attached hydrogen (secondary N) is 1. The van der Waals surface area contributed by atoms with Gasteiger partial charge >= 0.3 is 0 Å². The first-order valence-electron chi connectivity index (χ1n) is 7.20. The maximum Gasteiger partial charge on any atom is 0.269 e. The number of pyridine rings is 1. The highest BCUT2D eigenvalue weighted by molar-refractivity contribution is 6.30. The molecule has 1 amide bonds. The Balaban J connectivity index is 1.83. The molecule has 2 rings (SSSR count). The van der Waals surface area contributed by atoms with E-state index in [4.69, 9.17) is 11.6 Å².